The van der Waals surface area contributed by atoms with E-state index in [2.05, 4.69) is 29.8 Å². The number of amides is 2. The summed E-state index contributed by atoms with van der Waals surface area (Å²) in [6.45, 7) is 8.02. The number of hydrogen-bond donors (Lipinski definition) is 1. The van der Waals surface area contributed by atoms with E-state index in [1.807, 2.05) is 4.90 Å². The van der Waals surface area contributed by atoms with E-state index in [0.717, 1.165) is 32.4 Å². The molecule has 3 unspecified atom stereocenters. The Labute approximate surface area is 150 Å². The molecule has 25 heavy (non-hydrogen) atoms. The van der Waals surface area contributed by atoms with Gasteiger partial charge in [-0.15, -0.1) is 0 Å². The van der Waals surface area contributed by atoms with Gasteiger partial charge < -0.3 is 15.1 Å². The highest BCUT2D eigenvalue weighted by atomic mass is 16.2. The van der Waals surface area contributed by atoms with Gasteiger partial charge >= 0.3 is 0 Å². The molecule has 3 fully saturated rings. The molecule has 2 amide bonds. The number of nitrogens with zero attached hydrogens (tertiary/aromatic N) is 2. The van der Waals surface area contributed by atoms with Crippen LogP contribution in [0.5, 0.6) is 0 Å². The lowest BCUT2D eigenvalue weighted by Crippen LogP contribution is -2.66. The number of carbonyl (C=O) groups is 2. The zero-order valence-electron chi connectivity index (χ0n) is 15.1. The molecule has 1 saturated heterocycles. The van der Waals surface area contributed by atoms with Crippen molar-refractivity contribution >= 4 is 11.8 Å². The molecule has 5 nitrogen and oxygen atoms in total. The van der Waals surface area contributed by atoms with Gasteiger partial charge in [-0.05, 0) is 56.6 Å². The molecule has 3 atom stereocenters. The van der Waals surface area contributed by atoms with Gasteiger partial charge in [0.2, 0.25) is 11.8 Å². The normalized spacial score (nSPS) is 33.0. The maximum absolute atomic E-state index is 13.1. The number of rotatable bonds is 4. The van der Waals surface area contributed by atoms with E-state index < -0.39 is 0 Å². The van der Waals surface area contributed by atoms with Crippen molar-refractivity contribution in [3.05, 3.63) is 24.3 Å². The quantitative estimate of drug-likeness (QED) is 0.624. The van der Waals surface area contributed by atoms with Gasteiger partial charge in [0.15, 0.2) is 0 Å². The predicted octanol–water partition coefficient (Wildman–Crippen LogP) is 1.71. The summed E-state index contributed by atoms with van der Waals surface area (Å²) < 4.78 is 0. The Morgan fingerprint density at radius 3 is 2.68 bits per heavy atom. The maximum atomic E-state index is 13.1. The molecular weight excluding hydrogens is 314 g/mol. The fourth-order valence-corrected chi connectivity index (χ4v) is 4.45. The predicted molar refractivity (Wildman–Crippen MR) is 96.8 cm³/mol. The molecule has 0 bridgehead atoms. The van der Waals surface area contributed by atoms with Crippen LogP contribution in [0.15, 0.2) is 24.3 Å². The molecule has 2 aliphatic heterocycles. The van der Waals surface area contributed by atoms with Gasteiger partial charge in [-0.1, -0.05) is 12.7 Å². The summed E-state index contributed by atoms with van der Waals surface area (Å²) in [5, 5.41) is 3.72. The lowest BCUT2D eigenvalue weighted by Gasteiger charge is -2.48. The van der Waals surface area contributed by atoms with Crippen LogP contribution >= 0.6 is 0 Å². The summed E-state index contributed by atoms with van der Waals surface area (Å²) in [5.74, 6) is 1.22. The van der Waals surface area contributed by atoms with Crippen molar-refractivity contribution in [3.8, 4) is 0 Å². The van der Waals surface area contributed by atoms with E-state index in [0.29, 0.717) is 24.4 Å². The lowest BCUT2D eigenvalue weighted by atomic mass is 9.87. The van der Waals surface area contributed by atoms with Gasteiger partial charge in [0.25, 0.3) is 0 Å². The third kappa shape index (κ3) is 3.26. The largest absolute Gasteiger partial charge is 0.335 e. The van der Waals surface area contributed by atoms with E-state index in [4.69, 9.17) is 0 Å². The average Bonchev–Trinajstić information content (AvgIpc) is 3.51. The van der Waals surface area contributed by atoms with Crippen LogP contribution in [0.25, 0.3) is 0 Å². The second kappa shape index (κ2) is 6.60. The first-order valence-electron chi connectivity index (χ1n) is 9.76. The molecular formula is C20H29N3O2. The van der Waals surface area contributed by atoms with Crippen molar-refractivity contribution < 1.29 is 9.59 Å². The zero-order valence-corrected chi connectivity index (χ0v) is 15.1. The molecule has 2 heterocycles. The Morgan fingerprint density at radius 1 is 1.28 bits per heavy atom. The van der Waals surface area contributed by atoms with Crippen LogP contribution in [0.4, 0.5) is 0 Å². The average molecular weight is 343 g/mol. The number of carbonyl (C=O) groups excluding carboxylic acids is 2. The molecule has 4 rings (SSSR count). The van der Waals surface area contributed by atoms with Crippen molar-refractivity contribution in [2.45, 2.75) is 57.2 Å². The third-order valence-corrected chi connectivity index (χ3v) is 6.12. The first-order chi connectivity index (χ1) is 12.1. The SMILES string of the molecule is C=CC(=O)N1CCC=C(C2C(C3CC3)NCC(C)N2C(=O)C2CC2)C1. The molecule has 1 N–H and O–H groups in total. The first-order valence-corrected chi connectivity index (χ1v) is 9.76. The molecule has 0 aromatic rings. The fourth-order valence-electron chi connectivity index (χ4n) is 4.45. The summed E-state index contributed by atoms with van der Waals surface area (Å²) >= 11 is 0. The van der Waals surface area contributed by atoms with Crippen LogP contribution in [-0.4, -0.2) is 59.4 Å². The van der Waals surface area contributed by atoms with Crippen molar-refractivity contribution in [3.63, 3.8) is 0 Å². The Bertz CT molecular complexity index is 606. The van der Waals surface area contributed by atoms with E-state index in [9.17, 15) is 9.59 Å². The molecule has 0 aromatic heterocycles. The van der Waals surface area contributed by atoms with Gasteiger partial charge in [-0.25, -0.2) is 0 Å². The van der Waals surface area contributed by atoms with Crippen molar-refractivity contribution in [2.75, 3.05) is 19.6 Å². The zero-order chi connectivity index (χ0) is 17.6. The van der Waals surface area contributed by atoms with Crippen LogP contribution < -0.4 is 5.32 Å². The number of hydrogen-bond acceptors (Lipinski definition) is 3. The molecule has 136 valence electrons. The van der Waals surface area contributed by atoms with Crippen LogP contribution in [0.3, 0.4) is 0 Å². The molecule has 0 spiro atoms. The maximum Gasteiger partial charge on any atom is 0.246 e. The minimum absolute atomic E-state index is 0.00883. The van der Waals surface area contributed by atoms with Gasteiger partial charge in [-0.2, -0.15) is 0 Å². The second-order valence-corrected chi connectivity index (χ2v) is 8.12. The van der Waals surface area contributed by atoms with Crippen LogP contribution in [-0.2, 0) is 9.59 Å². The lowest BCUT2D eigenvalue weighted by molar-refractivity contribution is -0.139. The van der Waals surface area contributed by atoms with E-state index in [-0.39, 0.29) is 23.9 Å². The summed E-state index contributed by atoms with van der Waals surface area (Å²) in [7, 11) is 0. The molecule has 2 saturated carbocycles. The Kier molecular flexibility index (Phi) is 4.44. The topological polar surface area (TPSA) is 52.7 Å². The highest BCUT2D eigenvalue weighted by Crippen LogP contribution is 2.41. The van der Waals surface area contributed by atoms with E-state index in [1.165, 1.54) is 24.5 Å². The van der Waals surface area contributed by atoms with Crippen LogP contribution in [0.1, 0.15) is 39.0 Å². The van der Waals surface area contributed by atoms with Gasteiger partial charge in [0.1, 0.15) is 0 Å². The van der Waals surface area contributed by atoms with Crippen LogP contribution in [0.2, 0.25) is 0 Å². The van der Waals surface area contributed by atoms with Crippen LogP contribution in [0, 0.1) is 11.8 Å². The number of piperazine rings is 1. The third-order valence-electron chi connectivity index (χ3n) is 6.12. The molecule has 5 heteroatoms. The first kappa shape index (κ1) is 16.8. The smallest absolute Gasteiger partial charge is 0.246 e. The Balaban J connectivity index is 1.62. The highest BCUT2D eigenvalue weighted by molar-refractivity contribution is 5.87. The highest BCUT2D eigenvalue weighted by Gasteiger charge is 2.49. The Hall–Kier alpha value is -1.62. The fraction of sp³-hybridized carbons (Fsp3) is 0.700. The Morgan fingerprint density at radius 2 is 2.04 bits per heavy atom. The minimum Gasteiger partial charge on any atom is -0.335 e. The molecule has 4 aliphatic rings. The molecule has 0 aromatic carbocycles. The van der Waals surface area contributed by atoms with Crippen molar-refractivity contribution in [1.82, 2.24) is 15.1 Å². The monoisotopic (exact) mass is 343 g/mol. The van der Waals surface area contributed by atoms with Gasteiger partial charge in [-0.3, -0.25) is 9.59 Å². The number of nitrogens with one attached hydrogen (secondary N) is 1. The second-order valence-electron chi connectivity index (χ2n) is 8.12. The summed E-state index contributed by atoms with van der Waals surface area (Å²) in [6, 6.07) is 0.646. The van der Waals surface area contributed by atoms with E-state index >= 15 is 0 Å². The molecule has 2 aliphatic carbocycles. The molecule has 0 radical (unpaired) electrons. The summed E-state index contributed by atoms with van der Waals surface area (Å²) in [6.07, 6.45) is 9.11. The standard InChI is InChI=1S/C20H29N3O2/c1-3-17(24)22-10-4-5-16(12-22)19-18(14-6-7-14)21-11-13(2)23(19)20(25)15-8-9-15/h3,5,13-15,18-19,21H,1,4,6-12H2,2H3. The van der Waals surface area contributed by atoms with Crippen molar-refractivity contribution in [1.29, 1.82) is 0 Å². The van der Waals surface area contributed by atoms with Gasteiger partial charge in [0, 0.05) is 37.6 Å². The summed E-state index contributed by atoms with van der Waals surface area (Å²) in [5.41, 5.74) is 1.24. The minimum atomic E-state index is -0.00883. The van der Waals surface area contributed by atoms with E-state index in [1.54, 1.807) is 0 Å². The van der Waals surface area contributed by atoms with Crippen molar-refractivity contribution in [2.24, 2.45) is 11.8 Å². The van der Waals surface area contributed by atoms with Gasteiger partial charge in [0.05, 0.1) is 6.04 Å². The summed E-state index contributed by atoms with van der Waals surface area (Å²) in [4.78, 5) is 29.2.